The molecule has 0 fully saturated rings. The van der Waals surface area contributed by atoms with Gasteiger partial charge in [0.25, 0.3) is 0 Å². The molecular formula is C50H64IN8O16S5-. The molecule has 9 N–H and O–H groups in total. The molecule has 0 saturated heterocycles. The third kappa shape index (κ3) is 22.1. The van der Waals surface area contributed by atoms with Crippen molar-refractivity contribution in [3.8, 4) is 17.1 Å². The molecule has 5 heterocycles. The highest BCUT2D eigenvalue weighted by Crippen LogP contribution is 2.31. The highest BCUT2D eigenvalue weighted by Gasteiger charge is 2.29. The van der Waals surface area contributed by atoms with Crippen LogP contribution in [-0.2, 0) is 72.9 Å². The SMILES string of the molecule is C=C/C1=C\CNCCCCCC(=O)NC(Cc2ccc(S(=O)(=O)O)s2)C(=O)NCCCCC(C(=O)NCCNC(=O)CI)NC(=O)C(Cc2ccc(S(=O)(=O)O)s2)NC(=O)CCCCCOc2ccc(cc2S(=O)[O-])-c2cnc1o2. The van der Waals surface area contributed by atoms with E-state index < -0.39 is 83.2 Å². The second-order valence-corrected chi connectivity index (χ2v) is 25.4. The Kier molecular flexibility index (Phi) is 26.8. The molecule has 24 nitrogen and oxygen atoms in total. The van der Waals surface area contributed by atoms with E-state index in [1.54, 1.807) is 12.1 Å². The van der Waals surface area contributed by atoms with Crippen LogP contribution in [0.5, 0.6) is 5.75 Å². The van der Waals surface area contributed by atoms with Gasteiger partial charge in [0, 0.05) is 72.8 Å². The number of hydrogen-bond donors (Lipinski definition) is 9. The molecule has 438 valence electrons. The first-order valence-electron chi connectivity index (χ1n) is 25.4. The largest absolute Gasteiger partial charge is 0.768 e. The van der Waals surface area contributed by atoms with Crippen molar-refractivity contribution in [1.29, 1.82) is 0 Å². The Labute approximate surface area is 487 Å². The van der Waals surface area contributed by atoms with Gasteiger partial charge in [-0.15, -0.1) is 22.7 Å². The van der Waals surface area contributed by atoms with Crippen LogP contribution in [0.15, 0.2) is 85.1 Å². The van der Waals surface area contributed by atoms with E-state index >= 15 is 0 Å². The van der Waals surface area contributed by atoms with Crippen molar-refractivity contribution < 1.29 is 72.6 Å². The lowest BCUT2D eigenvalue weighted by molar-refractivity contribution is -0.132. The summed E-state index contributed by atoms with van der Waals surface area (Å²) in [4.78, 5) is 85.0. The van der Waals surface area contributed by atoms with Crippen LogP contribution < -0.4 is 42.0 Å². The van der Waals surface area contributed by atoms with Crippen LogP contribution in [0, 0.1) is 0 Å². The average Bonchev–Trinajstić information content (AvgIpc) is 4.27. The fourth-order valence-corrected chi connectivity index (χ4v) is 12.2. The number of oxazole rings is 1. The van der Waals surface area contributed by atoms with Gasteiger partial charge in [0.2, 0.25) is 41.3 Å². The van der Waals surface area contributed by atoms with Crippen LogP contribution in [-0.4, -0.2) is 137 Å². The number of benzene rings is 1. The molecule has 0 aliphatic carbocycles. The van der Waals surface area contributed by atoms with Crippen LogP contribution in [0.3, 0.4) is 0 Å². The van der Waals surface area contributed by atoms with Gasteiger partial charge in [-0.05, 0) is 111 Å². The quantitative estimate of drug-likeness (QED) is 0.0302. The normalized spacial score (nSPS) is 20.0. The van der Waals surface area contributed by atoms with E-state index in [1.165, 1.54) is 36.5 Å². The number of alkyl halides is 1. The van der Waals surface area contributed by atoms with Gasteiger partial charge in [-0.2, -0.15) is 16.8 Å². The topological polar surface area (TPSA) is 371 Å². The summed E-state index contributed by atoms with van der Waals surface area (Å²) in [6.07, 6.45) is 8.01. The van der Waals surface area contributed by atoms with Crippen molar-refractivity contribution in [2.24, 2.45) is 0 Å². The number of halogens is 1. The maximum Gasteiger partial charge on any atom is 0.304 e. The van der Waals surface area contributed by atoms with Gasteiger partial charge in [0.15, 0.2) is 5.76 Å². The molecule has 0 spiro atoms. The van der Waals surface area contributed by atoms with Crippen molar-refractivity contribution in [3.63, 3.8) is 0 Å². The van der Waals surface area contributed by atoms with Crippen molar-refractivity contribution in [1.82, 2.24) is 42.2 Å². The molecular weight excluding hydrogens is 1260 g/mol. The number of nitrogens with zero attached hydrogens (tertiary/aromatic N) is 1. The van der Waals surface area contributed by atoms with Crippen molar-refractivity contribution in [3.05, 3.63) is 83.0 Å². The van der Waals surface area contributed by atoms with E-state index in [0.717, 1.165) is 17.4 Å². The molecule has 6 amide bonds. The molecule has 4 atom stereocenters. The molecule has 2 aliphatic heterocycles. The van der Waals surface area contributed by atoms with E-state index in [9.17, 15) is 63.5 Å². The van der Waals surface area contributed by atoms with Gasteiger partial charge < -0.3 is 50.9 Å². The fraction of sp³-hybridized carbons (Fsp3) is 0.460. The number of hydrogen-bond acceptors (Lipinski definition) is 18. The Bertz CT molecular complexity index is 3070. The first kappa shape index (κ1) is 65.4. The Balaban J connectivity index is 1.35. The summed E-state index contributed by atoms with van der Waals surface area (Å²) in [5.41, 5.74) is 1.00. The highest BCUT2D eigenvalue weighted by molar-refractivity contribution is 14.1. The predicted octanol–water partition coefficient (Wildman–Crippen LogP) is 3.76. The lowest BCUT2D eigenvalue weighted by atomic mass is 10.1. The first-order chi connectivity index (χ1) is 38.1. The molecule has 2 aliphatic rings. The molecule has 4 aromatic rings. The number of rotatable bonds is 13. The molecule has 6 rings (SSSR count). The number of aromatic nitrogens is 1. The monoisotopic (exact) mass is 1320 g/mol. The Morgan fingerprint density at radius 1 is 0.812 bits per heavy atom. The smallest absolute Gasteiger partial charge is 0.304 e. The molecule has 4 unspecified atom stereocenters. The van der Waals surface area contributed by atoms with Gasteiger partial charge in [-0.25, -0.2) is 4.98 Å². The summed E-state index contributed by atoms with van der Waals surface area (Å²) in [6.45, 7) is 5.08. The fourth-order valence-electron chi connectivity index (χ4n) is 7.93. The average molecular weight is 1320 g/mol. The standard InChI is InChI=1S/C50H65IN8O16S5/c1-2-32-20-23-52-21-8-3-5-12-42(60)57-37(28-34-15-18-45(76-34)79(68,69)70)48(64)54-22-9-7-11-36(47(63)55-25-24-53-44(62)30-51)59-49(65)38(29-35-16-19-46(77-35)80(71,72)73)58-43(61)13-6-4-10-26-74-39-17-14-33(27-41(39)78(66)67)40-31-56-50(32)75-40/h2,14-20,27,31,36-38,52H,1,3-13,21-26,28-30H2,(H,53,62)(H,54,64)(H,55,63)(H,57,60)(H,58,61)(H,59,65)(H,66,67)(H,68,69,70)(H,71,72,73)/p-1/b32-20+. The Hall–Kier alpha value is -5.45. The van der Waals surface area contributed by atoms with Crippen molar-refractivity contribution in [2.45, 2.75) is 115 Å². The number of fused-ring (bicyclic) bond motifs is 30. The number of thiophene rings is 2. The number of amides is 6. The number of ether oxygens (including phenoxy) is 1. The first-order valence-corrected chi connectivity index (χ1v) is 32.5. The summed E-state index contributed by atoms with van der Waals surface area (Å²) >= 11 is 0.608. The summed E-state index contributed by atoms with van der Waals surface area (Å²) in [7, 11) is -9.13. The van der Waals surface area contributed by atoms with E-state index in [4.69, 9.17) is 9.15 Å². The van der Waals surface area contributed by atoms with E-state index in [1.807, 2.05) is 28.7 Å². The molecule has 3 aromatic heterocycles. The predicted molar refractivity (Wildman–Crippen MR) is 306 cm³/mol. The highest BCUT2D eigenvalue weighted by atomic mass is 127. The minimum absolute atomic E-state index is 0.00630. The molecule has 80 heavy (non-hydrogen) atoms. The van der Waals surface area contributed by atoms with Crippen LogP contribution >= 0.6 is 45.3 Å². The van der Waals surface area contributed by atoms with Crippen LogP contribution in [0.2, 0.25) is 0 Å². The van der Waals surface area contributed by atoms with Crippen LogP contribution in [0.1, 0.15) is 86.3 Å². The molecule has 30 heteroatoms. The summed E-state index contributed by atoms with van der Waals surface area (Å²) in [5.74, 6) is -2.65. The van der Waals surface area contributed by atoms with Gasteiger partial charge in [-0.1, -0.05) is 47.7 Å². The minimum Gasteiger partial charge on any atom is -0.768 e. The summed E-state index contributed by atoms with van der Waals surface area (Å²) in [5, 5.41) is 19.5. The van der Waals surface area contributed by atoms with Gasteiger partial charge in [0.1, 0.15) is 32.3 Å². The van der Waals surface area contributed by atoms with Gasteiger partial charge in [-0.3, -0.25) is 42.1 Å². The van der Waals surface area contributed by atoms with E-state index in [-0.39, 0.29) is 102 Å². The zero-order valence-electron chi connectivity index (χ0n) is 43.3. The Morgan fingerprint density at radius 2 is 1.43 bits per heavy atom. The number of carbonyl (C=O) groups is 6. The van der Waals surface area contributed by atoms with Crippen LogP contribution in [0.25, 0.3) is 16.9 Å². The Morgan fingerprint density at radius 3 is 2.02 bits per heavy atom. The molecule has 1 aromatic carbocycles. The molecule has 4 bridgehead atoms. The number of allylic oxidation sites excluding steroid dienone is 2. The lowest BCUT2D eigenvalue weighted by Gasteiger charge is -2.23. The third-order valence-corrected chi connectivity index (χ3v) is 18.3. The van der Waals surface area contributed by atoms with Gasteiger partial charge in [0.05, 0.1) is 22.1 Å². The van der Waals surface area contributed by atoms with E-state index in [0.29, 0.717) is 89.6 Å². The van der Waals surface area contributed by atoms with E-state index in [2.05, 4.69) is 48.8 Å². The zero-order chi connectivity index (χ0) is 58.2. The summed E-state index contributed by atoms with van der Waals surface area (Å²) < 4.78 is 103. The van der Waals surface area contributed by atoms with Crippen molar-refractivity contribution >= 4 is 118 Å². The maximum absolute atomic E-state index is 14.1. The zero-order valence-corrected chi connectivity index (χ0v) is 49.6. The second-order valence-electron chi connectivity index (χ2n) is 18.1. The second kappa shape index (κ2) is 32.9. The van der Waals surface area contributed by atoms with Crippen molar-refractivity contribution in [2.75, 3.05) is 43.8 Å². The number of carbonyl (C=O) groups excluding carboxylic acids is 6. The number of nitrogens with one attached hydrogen (secondary N) is 7. The third-order valence-electron chi connectivity index (χ3n) is 12.0. The summed E-state index contributed by atoms with van der Waals surface area (Å²) in [6, 6.07) is 5.95. The molecule has 0 radical (unpaired) electrons. The molecule has 0 saturated carbocycles. The van der Waals surface area contributed by atoms with Crippen LogP contribution in [0.4, 0.5) is 0 Å². The van der Waals surface area contributed by atoms with Gasteiger partial charge >= 0.3 is 20.2 Å². The maximum atomic E-state index is 14.1. The lowest BCUT2D eigenvalue weighted by Crippen LogP contribution is -2.54. The minimum atomic E-state index is -4.60.